The van der Waals surface area contributed by atoms with Gasteiger partial charge in [0.1, 0.15) is 0 Å². The van der Waals surface area contributed by atoms with Gasteiger partial charge >= 0.3 is 99.2 Å². The Labute approximate surface area is 281 Å². The average molecular weight is 656 g/mol. The van der Waals surface area contributed by atoms with Gasteiger partial charge in [-0.25, -0.2) is 6.08 Å². The van der Waals surface area contributed by atoms with Gasteiger partial charge in [0.05, 0.1) is 0 Å². The van der Waals surface area contributed by atoms with Gasteiger partial charge in [0.15, 0.2) is 0 Å². The molecule has 224 valence electrons. The molecule has 0 nitrogen and oxygen atoms in total. The van der Waals surface area contributed by atoms with Crippen molar-refractivity contribution in [3.63, 3.8) is 0 Å². The van der Waals surface area contributed by atoms with Crippen LogP contribution in [0.25, 0.3) is 21.5 Å². The molecule has 0 radical (unpaired) electrons. The number of rotatable bonds is 2. The molecule has 0 aliphatic heterocycles. The van der Waals surface area contributed by atoms with Crippen LogP contribution in [0.2, 0.25) is 0 Å². The molecule has 0 saturated heterocycles. The summed E-state index contributed by atoms with van der Waals surface area (Å²) in [6.07, 6.45) is 8.50. The van der Waals surface area contributed by atoms with E-state index in [2.05, 4.69) is 184 Å². The molecule has 0 heterocycles. The molecule has 5 aromatic rings. The second kappa shape index (κ2) is 14.0. The Balaban J connectivity index is 0.000000165. The number of allylic oxidation sites excluding steroid dienone is 4. The third-order valence-electron chi connectivity index (χ3n) is 8.13. The van der Waals surface area contributed by atoms with E-state index in [0.29, 0.717) is 5.41 Å². The summed E-state index contributed by atoms with van der Waals surface area (Å²) in [7, 11) is 0. The van der Waals surface area contributed by atoms with Gasteiger partial charge in [0.2, 0.25) is 0 Å². The molecule has 0 aromatic heterocycles. The topological polar surface area (TPSA) is 0 Å². The quantitative estimate of drug-likeness (QED) is 0.166. The van der Waals surface area contributed by atoms with Gasteiger partial charge in [0.25, 0.3) is 0 Å². The zero-order valence-corrected chi connectivity index (χ0v) is 30.6. The van der Waals surface area contributed by atoms with E-state index in [1.807, 2.05) is 0 Å². The molecule has 1 aliphatic rings. The molecule has 5 aromatic carbocycles. The number of fused-ring (bicyclic) bond motifs is 3. The van der Waals surface area contributed by atoms with Gasteiger partial charge in [-0.05, 0) is 10.8 Å². The molecule has 0 saturated carbocycles. The molecule has 0 unspecified atom stereocenters. The van der Waals surface area contributed by atoms with Crippen molar-refractivity contribution in [2.75, 3.05) is 0 Å². The van der Waals surface area contributed by atoms with Crippen molar-refractivity contribution in [2.45, 2.75) is 79.6 Å². The summed E-state index contributed by atoms with van der Waals surface area (Å²) in [4.78, 5) is 0. The van der Waals surface area contributed by atoms with Crippen LogP contribution in [0.4, 0.5) is 0 Å². The third-order valence-corrected chi connectivity index (χ3v) is 9.55. The molecule has 0 fully saturated rings. The number of hydrogen-bond acceptors (Lipinski definition) is 0. The minimum absolute atomic E-state index is 0.194. The van der Waals surface area contributed by atoms with Crippen LogP contribution in [-0.4, -0.2) is 3.21 Å². The van der Waals surface area contributed by atoms with E-state index in [-0.39, 0.29) is 10.8 Å². The summed E-state index contributed by atoms with van der Waals surface area (Å²) >= 11 is 1.46. The Bertz CT molecular complexity index is 1650. The summed E-state index contributed by atoms with van der Waals surface area (Å²) in [6.45, 7) is 20.3. The Morgan fingerprint density at radius 3 is 1.34 bits per heavy atom. The van der Waals surface area contributed by atoms with Gasteiger partial charge in [0, 0.05) is 0 Å². The normalized spacial score (nSPS) is 13.2. The SMILES string of the molecule is CC(C)(C)C1=CC[C-]=C1.CC(C)(C)c1ccc2[cH-]c3ccc(C(C)(C)C)cc3c2c1.[Zr+2]=[C](c1ccccc1)c1ccccc1. The van der Waals surface area contributed by atoms with Crippen molar-refractivity contribution in [3.8, 4) is 0 Å². The maximum absolute atomic E-state index is 3.16. The van der Waals surface area contributed by atoms with Crippen molar-refractivity contribution < 1.29 is 24.2 Å². The zero-order chi connectivity index (χ0) is 32.1. The van der Waals surface area contributed by atoms with Crippen LogP contribution in [0.15, 0.2) is 121 Å². The molecule has 6 rings (SSSR count). The minimum atomic E-state index is 0.194. The van der Waals surface area contributed by atoms with Gasteiger partial charge in [-0.3, -0.25) is 6.08 Å². The van der Waals surface area contributed by atoms with E-state index in [1.54, 1.807) is 0 Å². The molecule has 1 aliphatic carbocycles. The Morgan fingerprint density at radius 2 is 1.02 bits per heavy atom. The second-order valence-corrected chi connectivity index (χ2v) is 16.0. The van der Waals surface area contributed by atoms with E-state index in [1.165, 1.54) is 76.8 Å². The van der Waals surface area contributed by atoms with E-state index in [0.717, 1.165) is 6.42 Å². The molecular formula is C43H48Zr. The zero-order valence-electron chi connectivity index (χ0n) is 28.2. The van der Waals surface area contributed by atoms with Crippen LogP contribution in [0.3, 0.4) is 0 Å². The fourth-order valence-electron chi connectivity index (χ4n) is 5.23. The van der Waals surface area contributed by atoms with Crippen molar-refractivity contribution in [2.24, 2.45) is 5.41 Å². The van der Waals surface area contributed by atoms with Crippen molar-refractivity contribution in [1.29, 1.82) is 0 Å². The first-order chi connectivity index (χ1) is 20.6. The van der Waals surface area contributed by atoms with Crippen LogP contribution < -0.4 is 0 Å². The predicted molar refractivity (Wildman–Crippen MR) is 191 cm³/mol. The van der Waals surface area contributed by atoms with Crippen LogP contribution in [0.1, 0.15) is 91.0 Å². The fraction of sp³-hybridized carbons (Fsp3) is 0.302. The van der Waals surface area contributed by atoms with E-state index in [4.69, 9.17) is 0 Å². The second-order valence-electron chi connectivity index (χ2n) is 14.8. The Kier molecular flexibility index (Phi) is 10.7. The standard InChI is InChI=1S/C21H25.C13H10.C9H13.Zr/c1-20(2,3)16-9-7-14-11-15-8-10-17(21(4,5)6)13-19(15)18(14)12-16;1-3-7-12(8-4-1)11-13-9-5-2-6-10-13;1-9(2,3)8-6-4-5-7-8;/h7-13H,1-6H3;1-10H;6-7H,4H2,1-3H3;/q-1;;-1;+2. The molecule has 0 amide bonds. The number of hydrogen-bond donors (Lipinski definition) is 0. The molecule has 0 spiro atoms. The Hall–Kier alpha value is -3.02. The molecule has 0 atom stereocenters. The molecular weight excluding hydrogens is 608 g/mol. The van der Waals surface area contributed by atoms with Gasteiger partial charge in [-0.15, -0.1) is 46.2 Å². The molecule has 0 N–H and O–H groups in total. The van der Waals surface area contributed by atoms with Crippen LogP contribution in [0, 0.1) is 11.5 Å². The van der Waals surface area contributed by atoms with Crippen molar-refractivity contribution in [3.05, 3.63) is 149 Å². The first-order valence-corrected chi connectivity index (χ1v) is 17.0. The summed E-state index contributed by atoms with van der Waals surface area (Å²) in [5, 5.41) is 5.49. The fourth-order valence-corrected chi connectivity index (χ4v) is 6.05. The van der Waals surface area contributed by atoms with Gasteiger partial charge in [-0.2, -0.15) is 11.6 Å². The van der Waals surface area contributed by atoms with Crippen LogP contribution in [0.5, 0.6) is 0 Å². The third kappa shape index (κ3) is 8.79. The van der Waals surface area contributed by atoms with E-state index in [9.17, 15) is 0 Å². The van der Waals surface area contributed by atoms with Crippen molar-refractivity contribution >= 4 is 24.8 Å². The Morgan fingerprint density at radius 1 is 0.591 bits per heavy atom. The average Bonchev–Trinajstić information content (AvgIpc) is 3.66. The summed E-state index contributed by atoms with van der Waals surface area (Å²) in [5.74, 6) is 0. The molecule has 1 heteroatoms. The summed E-state index contributed by atoms with van der Waals surface area (Å²) in [5.41, 5.74) is 7.60. The van der Waals surface area contributed by atoms with Gasteiger partial charge < -0.3 is 0 Å². The van der Waals surface area contributed by atoms with Crippen molar-refractivity contribution in [1.82, 2.24) is 0 Å². The first kappa shape index (κ1) is 33.9. The maximum atomic E-state index is 3.16. The van der Waals surface area contributed by atoms with Crippen LogP contribution >= 0.6 is 0 Å². The first-order valence-electron chi connectivity index (χ1n) is 15.8. The van der Waals surface area contributed by atoms with Crippen LogP contribution in [-0.2, 0) is 35.1 Å². The molecule has 44 heavy (non-hydrogen) atoms. The van der Waals surface area contributed by atoms with Gasteiger partial charge in [-0.1, -0.05) is 103 Å². The summed E-state index contributed by atoms with van der Waals surface area (Å²) in [6, 6.07) is 37.3. The number of benzene rings is 4. The monoisotopic (exact) mass is 654 g/mol. The van der Waals surface area contributed by atoms with E-state index >= 15 is 0 Å². The van der Waals surface area contributed by atoms with E-state index < -0.39 is 0 Å². The predicted octanol–water partition coefficient (Wildman–Crippen LogP) is 11.8. The molecule has 0 bridgehead atoms. The summed E-state index contributed by atoms with van der Waals surface area (Å²) < 4.78 is 1.42.